The van der Waals surface area contributed by atoms with Crippen LogP contribution in [0.1, 0.15) is 81.0 Å². The molecule has 13 nitrogen and oxygen atoms in total. The van der Waals surface area contributed by atoms with Crippen molar-refractivity contribution in [3.8, 4) is 11.8 Å². The molecule has 3 saturated heterocycles. The van der Waals surface area contributed by atoms with Gasteiger partial charge in [-0.15, -0.1) is 0 Å². The van der Waals surface area contributed by atoms with E-state index in [4.69, 9.17) is 16.3 Å². The van der Waals surface area contributed by atoms with E-state index in [0.717, 1.165) is 51.3 Å². The number of fused-ring (bicyclic) bond motifs is 1. The molecule has 1 atom stereocenters. The SMILES string of the molecule is CC1(C)[C@H](NC(=O)c2ccc(N3CCC(CN4CCN(c5ccc6c(=O)n(C7CCC(=O)NC7=O)nc(C(F)(F)F)c6c5)CC4)CC3)cc2)C(C)(C)[C@H]1Oc1ccc(C#N)c(Cl)c1. The van der Waals surface area contributed by atoms with E-state index in [1.165, 1.54) is 12.1 Å². The fourth-order valence-electron chi connectivity index (χ4n) is 10.3. The molecule has 4 aromatic rings. The van der Waals surface area contributed by atoms with Crippen LogP contribution >= 0.6 is 11.6 Å². The Morgan fingerprint density at radius 1 is 0.889 bits per heavy atom. The molecular formula is C46H50ClF3N8O5. The van der Waals surface area contributed by atoms with Crippen LogP contribution in [0.5, 0.6) is 5.75 Å². The van der Waals surface area contributed by atoms with Crippen LogP contribution in [0, 0.1) is 28.1 Å². The molecule has 1 saturated carbocycles. The maximum Gasteiger partial charge on any atom is 0.435 e. The maximum absolute atomic E-state index is 14.4. The predicted octanol–water partition coefficient (Wildman–Crippen LogP) is 6.57. The van der Waals surface area contributed by atoms with Crippen LogP contribution in [0.25, 0.3) is 10.8 Å². The number of anilines is 2. The molecule has 1 aromatic heterocycles. The number of piperidine rings is 2. The number of carbonyl (C=O) groups is 3. The summed E-state index contributed by atoms with van der Waals surface area (Å²) in [6.45, 7) is 13.6. The van der Waals surface area contributed by atoms with Gasteiger partial charge in [0, 0.05) is 97.5 Å². The number of piperazine rings is 1. The Bertz CT molecular complexity index is 2520. The first-order chi connectivity index (χ1) is 29.8. The lowest BCUT2D eigenvalue weighted by Gasteiger charge is -2.63. The number of imide groups is 1. The Balaban J connectivity index is 0.823. The van der Waals surface area contributed by atoms with Gasteiger partial charge in [-0.1, -0.05) is 39.3 Å². The summed E-state index contributed by atoms with van der Waals surface area (Å²) < 4.78 is 50.0. The number of halogens is 4. The van der Waals surface area contributed by atoms with Crippen LogP contribution in [0.15, 0.2) is 65.5 Å². The van der Waals surface area contributed by atoms with Crippen molar-refractivity contribution in [1.29, 1.82) is 5.26 Å². The molecule has 3 aliphatic heterocycles. The minimum atomic E-state index is -4.89. The molecule has 63 heavy (non-hydrogen) atoms. The monoisotopic (exact) mass is 886 g/mol. The van der Waals surface area contributed by atoms with Gasteiger partial charge in [-0.05, 0) is 79.8 Å². The Kier molecular flexibility index (Phi) is 11.7. The highest BCUT2D eigenvalue weighted by Gasteiger charge is 2.64. The first-order valence-corrected chi connectivity index (χ1v) is 21.7. The van der Waals surface area contributed by atoms with Gasteiger partial charge in [0.25, 0.3) is 17.4 Å². The number of aromatic nitrogens is 2. The lowest BCUT2D eigenvalue weighted by atomic mass is 9.49. The minimum Gasteiger partial charge on any atom is -0.489 e. The number of benzene rings is 3. The zero-order valence-electron chi connectivity index (χ0n) is 35.6. The number of amides is 3. The quantitative estimate of drug-likeness (QED) is 0.177. The van der Waals surface area contributed by atoms with Crippen LogP contribution in [0.4, 0.5) is 24.5 Å². The van der Waals surface area contributed by atoms with Crippen molar-refractivity contribution in [2.45, 2.75) is 77.7 Å². The van der Waals surface area contributed by atoms with E-state index < -0.39 is 35.3 Å². The molecule has 2 N–H and O–H groups in total. The van der Waals surface area contributed by atoms with Crippen molar-refractivity contribution in [3.63, 3.8) is 0 Å². The summed E-state index contributed by atoms with van der Waals surface area (Å²) in [5.74, 6) is -0.480. The van der Waals surface area contributed by atoms with Gasteiger partial charge in [-0.2, -0.15) is 23.5 Å². The average molecular weight is 887 g/mol. The number of alkyl halides is 3. The largest absolute Gasteiger partial charge is 0.489 e. The molecule has 3 amide bonds. The standard InChI is InChI=1S/C46H50ClF3N8O5/c1-44(2)42(45(3,4)43(44)63-32-11-7-29(25-51)35(47)24-32)53-39(60)28-5-8-30(9-6-28)56-17-15-27(16-18-56)26-55-19-21-57(22-20-55)31-10-12-33-34(23-31)38(46(48,49)50)54-58(41(33)62)36-13-14-37(59)52-40(36)61/h5-12,23-24,27,36,42-43H,13-22,26H2,1-4H3,(H,53,60)(H,52,59,61)/t36?,42-,43-. The van der Waals surface area contributed by atoms with E-state index >= 15 is 0 Å². The molecule has 0 spiro atoms. The summed E-state index contributed by atoms with van der Waals surface area (Å²) in [6.07, 6.45) is -3.31. The molecule has 1 unspecified atom stereocenters. The Hall–Kier alpha value is -5.66. The third-order valence-electron chi connectivity index (χ3n) is 13.5. The van der Waals surface area contributed by atoms with Crippen molar-refractivity contribution < 1.29 is 32.3 Å². The van der Waals surface area contributed by atoms with Gasteiger partial charge in [0.2, 0.25) is 5.91 Å². The summed E-state index contributed by atoms with van der Waals surface area (Å²) in [5.41, 5.74) is -0.241. The Labute approximate surface area is 368 Å². The van der Waals surface area contributed by atoms with E-state index in [0.29, 0.717) is 51.3 Å². The molecule has 332 valence electrons. The molecule has 0 radical (unpaired) electrons. The number of carbonyl (C=O) groups excluding carboxylic acids is 3. The topological polar surface area (TPSA) is 153 Å². The van der Waals surface area contributed by atoms with Gasteiger partial charge in [-0.3, -0.25) is 29.4 Å². The maximum atomic E-state index is 14.4. The summed E-state index contributed by atoms with van der Waals surface area (Å²) in [7, 11) is 0. The second-order valence-corrected chi connectivity index (χ2v) is 18.8. The van der Waals surface area contributed by atoms with Crippen molar-refractivity contribution in [3.05, 3.63) is 92.9 Å². The van der Waals surface area contributed by atoms with Crippen molar-refractivity contribution >= 4 is 51.5 Å². The van der Waals surface area contributed by atoms with Crippen LogP contribution in [0.3, 0.4) is 0 Å². The van der Waals surface area contributed by atoms with Crippen LogP contribution in [-0.2, 0) is 15.8 Å². The minimum absolute atomic E-state index is 0.106. The average Bonchev–Trinajstić information content (AvgIpc) is 3.25. The normalized spacial score (nSPS) is 22.9. The highest BCUT2D eigenvalue weighted by atomic mass is 35.5. The summed E-state index contributed by atoms with van der Waals surface area (Å²) in [6, 6.07) is 17.7. The molecule has 4 aliphatic rings. The molecule has 17 heteroatoms. The Morgan fingerprint density at radius 3 is 2.16 bits per heavy atom. The highest BCUT2D eigenvalue weighted by molar-refractivity contribution is 6.31. The highest BCUT2D eigenvalue weighted by Crippen LogP contribution is 2.55. The van der Waals surface area contributed by atoms with Gasteiger partial charge in [0.1, 0.15) is 24.0 Å². The van der Waals surface area contributed by atoms with Crippen LogP contribution in [-0.4, -0.2) is 90.4 Å². The lowest BCUT2D eigenvalue weighted by Crippen LogP contribution is -2.74. The van der Waals surface area contributed by atoms with Crippen molar-refractivity contribution in [2.24, 2.45) is 16.7 Å². The van der Waals surface area contributed by atoms with E-state index in [9.17, 15) is 37.6 Å². The number of nitriles is 1. The van der Waals surface area contributed by atoms with E-state index in [-0.39, 0.29) is 52.5 Å². The molecule has 3 aromatic carbocycles. The van der Waals surface area contributed by atoms with E-state index in [1.807, 2.05) is 29.2 Å². The third kappa shape index (κ3) is 8.57. The second kappa shape index (κ2) is 16.8. The molecule has 8 rings (SSSR count). The van der Waals surface area contributed by atoms with Gasteiger partial charge in [0.05, 0.1) is 16.0 Å². The van der Waals surface area contributed by atoms with Crippen LogP contribution < -0.4 is 30.7 Å². The number of nitrogens with zero attached hydrogens (tertiary/aromatic N) is 6. The number of hydrogen-bond donors (Lipinski definition) is 2. The molecular weight excluding hydrogens is 837 g/mol. The first-order valence-electron chi connectivity index (χ1n) is 21.3. The third-order valence-corrected chi connectivity index (χ3v) is 13.8. The van der Waals surface area contributed by atoms with Gasteiger partial charge in [0.15, 0.2) is 5.69 Å². The summed E-state index contributed by atoms with van der Waals surface area (Å²) in [4.78, 5) is 57.7. The fraction of sp³-hybridized carbons (Fsp3) is 0.478. The summed E-state index contributed by atoms with van der Waals surface area (Å²) >= 11 is 6.25. The zero-order chi connectivity index (χ0) is 45.0. The zero-order valence-corrected chi connectivity index (χ0v) is 36.4. The number of rotatable bonds is 9. The summed E-state index contributed by atoms with van der Waals surface area (Å²) in [5, 5.41) is 18.0. The number of ether oxygens (including phenoxy) is 1. The van der Waals surface area contributed by atoms with Crippen molar-refractivity contribution in [1.82, 2.24) is 25.3 Å². The smallest absolute Gasteiger partial charge is 0.435 e. The Morgan fingerprint density at radius 2 is 1.54 bits per heavy atom. The van der Waals surface area contributed by atoms with Crippen molar-refractivity contribution in [2.75, 3.05) is 55.6 Å². The second-order valence-electron chi connectivity index (χ2n) is 18.4. The fourth-order valence-corrected chi connectivity index (χ4v) is 10.6. The molecule has 4 heterocycles. The molecule has 4 fully saturated rings. The first kappa shape index (κ1) is 44.0. The van der Waals surface area contributed by atoms with Gasteiger partial charge >= 0.3 is 6.18 Å². The molecule has 0 bridgehead atoms. The van der Waals surface area contributed by atoms with Gasteiger partial charge in [-0.25, -0.2) is 4.68 Å². The lowest BCUT2D eigenvalue weighted by molar-refractivity contribution is -0.164. The van der Waals surface area contributed by atoms with Gasteiger partial charge < -0.3 is 19.9 Å². The number of hydrogen-bond acceptors (Lipinski definition) is 10. The van der Waals surface area contributed by atoms with E-state index in [2.05, 4.69) is 59.3 Å². The molecule has 1 aliphatic carbocycles. The number of nitrogens with one attached hydrogen (secondary N) is 2. The predicted molar refractivity (Wildman–Crippen MR) is 232 cm³/mol. The van der Waals surface area contributed by atoms with E-state index in [1.54, 1.807) is 24.3 Å². The van der Waals surface area contributed by atoms with Crippen LogP contribution in [0.2, 0.25) is 5.02 Å².